The van der Waals surface area contributed by atoms with Gasteiger partial charge in [0.1, 0.15) is 5.82 Å². The Kier molecular flexibility index (Phi) is 2.33. The largest absolute Gasteiger partial charge is 0.383 e. The van der Waals surface area contributed by atoms with Crippen LogP contribution in [0.4, 0.5) is 10.2 Å². The Hall–Kier alpha value is -1.97. The minimum atomic E-state index is -0.521. The molecule has 4 heteroatoms. The first kappa shape index (κ1) is 9.58. The first-order valence-corrected chi connectivity index (χ1v) is 4.52. The highest BCUT2D eigenvalue weighted by Gasteiger charge is 2.04. The molecule has 0 fully saturated rings. The molecule has 76 valence electrons. The van der Waals surface area contributed by atoms with Crippen LogP contribution in [0.5, 0.6) is 0 Å². The summed E-state index contributed by atoms with van der Waals surface area (Å²) in [4.78, 5) is 7.60. The molecule has 2 heterocycles. The summed E-state index contributed by atoms with van der Waals surface area (Å²) in [5, 5.41) is 0. The standard InChI is InChI=1S/C11H10FN3/c1-7-2-3-9(11(13)15-7)8-4-5-14-10(12)6-8/h2-6H,1H3,(H2,13,15). The number of anilines is 1. The SMILES string of the molecule is Cc1ccc(-c2ccnc(F)c2)c(N)n1. The number of pyridine rings is 2. The van der Waals surface area contributed by atoms with Gasteiger partial charge in [0.2, 0.25) is 5.95 Å². The third kappa shape index (κ3) is 1.93. The van der Waals surface area contributed by atoms with Crippen LogP contribution in [0, 0.1) is 12.9 Å². The van der Waals surface area contributed by atoms with Gasteiger partial charge in [0.05, 0.1) is 0 Å². The van der Waals surface area contributed by atoms with E-state index in [1.165, 1.54) is 12.3 Å². The minimum absolute atomic E-state index is 0.403. The number of nitrogens with zero attached hydrogens (tertiary/aromatic N) is 2. The molecular weight excluding hydrogens is 193 g/mol. The van der Waals surface area contributed by atoms with Gasteiger partial charge in [0.15, 0.2) is 0 Å². The predicted octanol–water partition coefficient (Wildman–Crippen LogP) is 2.17. The van der Waals surface area contributed by atoms with Gasteiger partial charge in [-0.1, -0.05) is 0 Å². The molecule has 15 heavy (non-hydrogen) atoms. The Balaban J connectivity index is 2.54. The molecule has 0 aliphatic carbocycles. The zero-order valence-corrected chi connectivity index (χ0v) is 8.24. The number of hydrogen-bond donors (Lipinski definition) is 1. The lowest BCUT2D eigenvalue weighted by atomic mass is 10.1. The molecule has 0 bridgehead atoms. The molecule has 0 aliphatic heterocycles. The van der Waals surface area contributed by atoms with Crippen LogP contribution < -0.4 is 5.73 Å². The van der Waals surface area contributed by atoms with Crippen LogP contribution in [0.1, 0.15) is 5.69 Å². The summed E-state index contributed by atoms with van der Waals surface area (Å²) in [6.07, 6.45) is 1.41. The van der Waals surface area contributed by atoms with Crippen LogP contribution >= 0.6 is 0 Å². The van der Waals surface area contributed by atoms with E-state index in [-0.39, 0.29) is 0 Å². The van der Waals surface area contributed by atoms with Gasteiger partial charge in [-0.05, 0) is 30.7 Å². The average molecular weight is 203 g/mol. The molecule has 0 saturated heterocycles. The molecule has 3 nitrogen and oxygen atoms in total. The lowest BCUT2D eigenvalue weighted by Gasteiger charge is -2.05. The van der Waals surface area contributed by atoms with Crippen LogP contribution in [0.3, 0.4) is 0 Å². The first-order valence-electron chi connectivity index (χ1n) is 4.52. The van der Waals surface area contributed by atoms with Crippen LogP contribution in [0.25, 0.3) is 11.1 Å². The van der Waals surface area contributed by atoms with Crippen LogP contribution in [0.15, 0.2) is 30.5 Å². The molecule has 2 aromatic heterocycles. The second kappa shape index (κ2) is 3.65. The van der Waals surface area contributed by atoms with Crippen molar-refractivity contribution in [3.8, 4) is 11.1 Å². The van der Waals surface area contributed by atoms with E-state index in [1.807, 2.05) is 19.1 Å². The minimum Gasteiger partial charge on any atom is -0.383 e. The monoisotopic (exact) mass is 203 g/mol. The van der Waals surface area contributed by atoms with E-state index in [4.69, 9.17) is 5.73 Å². The molecule has 2 rings (SSSR count). The quantitative estimate of drug-likeness (QED) is 0.722. The van der Waals surface area contributed by atoms with E-state index in [9.17, 15) is 4.39 Å². The Labute approximate surface area is 86.8 Å². The van der Waals surface area contributed by atoms with Crippen molar-refractivity contribution in [1.29, 1.82) is 0 Å². The van der Waals surface area contributed by atoms with Crippen molar-refractivity contribution in [3.05, 3.63) is 42.1 Å². The van der Waals surface area contributed by atoms with Crippen molar-refractivity contribution in [2.45, 2.75) is 6.92 Å². The zero-order chi connectivity index (χ0) is 10.8. The van der Waals surface area contributed by atoms with Crippen molar-refractivity contribution >= 4 is 5.82 Å². The Bertz CT molecular complexity index is 497. The second-order valence-electron chi connectivity index (χ2n) is 3.25. The number of aromatic nitrogens is 2. The molecule has 0 saturated carbocycles. The van der Waals surface area contributed by atoms with E-state index in [2.05, 4.69) is 9.97 Å². The molecule has 0 aromatic carbocycles. The van der Waals surface area contributed by atoms with Crippen molar-refractivity contribution in [2.75, 3.05) is 5.73 Å². The van der Waals surface area contributed by atoms with Gasteiger partial charge in [-0.3, -0.25) is 0 Å². The Morgan fingerprint density at radius 2 is 2.07 bits per heavy atom. The van der Waals surface area contributed by atoms with Crippen LogP contribution in [0.2, 0.25) is 0 Å². The molecule has 0 amide bonds. The van der Waals surface area contributed by atoms with E-state index >= 15 is 0 Å². The number of aryl methyl sites for hydroxylation is 1. The maximum atomic E-state index is 12.9. The van der Waals surface area contributed by atoms with E-state index in [0.717, 1.165) is 11.3 Å². The first-order chi connectivity index (χ1) is 7.16. The van der Waals surface area contributed by atoms with Gasteiger partial charge in [-0.15, -0.1) is 0 Å². The molecule has 0 unspecified atom stereocenters. The van der Waals surface area contributed by atoms with Gasteiger partial charge in [-0.25, -0.2) is 9.97 Å². The van der Waals surface area contributed by atoms with Crippen molar-refractivity contribution in [1.82, 2.24) is 9.97 Å². The summed E-state index contributed by atoms with van der Waals surface area (Å²) in [6.45, 7) is 1.85. The predicted molar refractivity (Wildman–Crippen MR) is 56.6 cm³/mol. The third-order valence-corrected chi connectivity index (χ3v) is 2.10. The molecule has 0 spiro atoms. The number of hydrogen-bond acceptors (Lipinski definition) is 3. The molecule has 2 aromatic rings. The molecule has 2 N–H and O–H groups in total. The maximum absolute atomic E-state index is 12.9. The molecule has 0 radical (unpaired) electrons. The lowest BCUT2D eigenvalue weighted by molar-refractivity contribution is 0.584. The Morgan fingerprint density at radius 1 is 1.27 bits per heavy atom. The number of nitrogen functional groups attached to an aromatic ring is 1. The summed E-state index contributed by atoms with van der Waals surface area (Å²) in [5.41, 5.74) is 8.00. The summed E-state index contributed by atoms with van der Waals surface area (Å²) < 4.78 is 12.9. The molecule has 0 atom stereocenters. The second-order valence-corrected chi connectivity index (χ2v) is 3.25. The average Bonchev–Trinajstić information content (AvgIpc) is 2.17. The summed E-state index contributed by atoms with van der Waals surface area (Å²) in [6, 6.07) is 6.70. The van der Waals surface area contributed by atoms with Crippen molar-refractivity contribution in [3.63, 3.8) is 0 Å². The van der Waals surface area contributed by atoms with E-state index in [0.29, 0.717) is 11.4 Å². The Morgan fingerprint density at radius 3 is 2.73 bits per heavy atom. The summed E-state index contributed by atoms with van der Waals surface area (Å²) >= 11 is 0. The van der Waals surface area contributed by atoms with Gasteiger partial charge < -0.3 is 5.73 Å². The fourth-order valence-corrected chi connectivity index (χ4v) is 1.39. The fourth-order valence-electron chi connectivity index (χ4n) is 1.39. The van der Waals surface area contributed by atoms with Crippen LogP contribution in [-0.2, 0) is 0 Å². The zero-order valence-electron chi connectivity index (χ0n) is 8.24. The fraction of sp³-hybridized carbons (Fsp3) is 0.0909. The van der Waals surface area contributed by atoms with Gasteiger partial charge in [0, 0.05) is 23.5 Å². The third-order valence-electron chi connectivity index (χ3n) is 2.10. The van der Waals surface area contributed by atoms with Crippen molar-refractivity contribution < 1.29 is 4.39 Å². The number of halogens is 1. The van der Waals surface area contributed by atoms with Gasteiger partial charge in [-0.2, -0.15) is 4.39 Å². The topological polar surface area (TPSA) is 51.8 Å². The van der Waals surface area contributed by atoms with Crippen LogP contribution in [-0.4, -0.2) is 9.97 Å². The number of nitrogens with two attached hydrogens (primary N) is 1. The summed E-state index contributed by atoms with van der Waals surface area (Å²) in [7, 11) is 0. The maximum Gasteiger partial charge on any atom is 0.213 e. The van der Waals surface area contributed by atoms with Crippen molar-refractivity contribution in [2.24, 2.45) is 0 Å². The highest BCUT2D eigenvalue weighted by Crippen LogP contribution is 2.24. The summed E-state index contributed by atoms with van der Waals surface area (Å²) in [5.74, 6) is -0.118. The van der Waals surface area contributed by atoms with Gasteiger partial charge >= 0.3 is 0 Å². The lowest BCUT2D eigenvalue weighted by Crippen LogP contribution is -1.96. The van der Waals surface area contributed by atoms with Gasteiger partial charge in [0.25, 0.3) is 0 Å². The van der Waals surface area contributed by atoms with E-state index in [1.54, 1.807) is 6.07 Å². The smallest absolute Gasteiger partial charge is 0.213 e. The van der Waals surface area contributed by atoms with E-state index < -0.39 is 5.95 Å². The normalized spacial score (nSPS) is 10.3. The molecular formula is C11H10FN3. The molecule has 0 aliphatic rings. The highest BCUT2D eigenvalue weighted by atomic mass is 19.1. The number of rotatable bonds is 1. The highest BCUT2D eigenvalue weighted by molar-refractivity contribution is 5.73.